The molecule has 0 radical (unpaired) electrons. The number of carbonyl (C=O) groups excluding carboxylic acids is 1. The number of pyridine rings is 2. The number of morpholine rings is 1. The zero-order valence-corrected chi connectivity index (χ0v) is 18.9. The predicted molar refractivity (Wildman–Crippen MR) is 130 cm³/mol. The van der Waals surface area contributed by atoms with Crippen LogP contribution >= 0.6 is 0 Å². The van der Waals surface area contributed by atoms with Crippen LogP contribution in [0.3, 0.4) is 0 Å². The molecule has 7 heteroatoms. The van der Waals surface area contributed by atoms with E-state index < -0.39 is 0 Å². The summed E-state index contributed by atoms with van der Waals surface area (Å²) in [5.41, 5.74) is 2.91. The summed E-state index contributed by atoms with van der Waals surface area (Å²) in [5, 5.41) is 7.79. The molecule has 0 bridgehead atoms. The van der Waals surface area contributed by atoms with E-state index >= 15 is 0 Å². The second-order valence-electron chi connectivity index (χ2n) is 8.57. The number of rotatable bonds is 4. The van der Waals surface area contributed by atoms with Gasteiger partial charge in [0, 0.05) is 60.5 Å². The highest BCUT2D eigenvalue weighted by Crippen LogP contribution is 2.31. The fourth-order valence-electron chi connectivity index (χ4n) is 4.02. The number of ether oxygens (including phenoxy) is 1. The maximum Gasteiger partial charge on any atom is 0.228 e. The molecule has 1 saturated carbocycles. The van der Waals surface area contributed by atoms with Crippen LogP contribution < -0.4 is 15.5 Å². The molecule has 0 unspecified atom stereocenters. The van der Waals surface area contributed by atoms with Gasteiger partial charge in [-0.3, -0.25) is 4.79 Å². The van der Waals surface area contributed by atoms with E-state index in [0.29, 0.717) is 5.82 Å². The van der Waals surface area contributed by atoms with Gasteiger partial charge in [0.05, 0.1) is 18.3 Å². The largest absolute Gasteiger partial charge is 0.375 e. The standard InChI is InChI=1S/C26H27N5O2/c1-17-16-31(11-12-33-17)21-9-4-18(5-10-21)3-6-20-14-29-25(27-2)23-15-28-24(13-22(20)23)30-26(32)19-7-8-19/h4-5,9-10,13-15,17,19H,7-8,11-12,16H2,1-2H3,(H,27,29)(H,28,30,32)/t17-/m1/s1. The minimum absolute atomic E-state index is 0.0344. The molecule has 0 spiro atoms. The Morgan fingerprint density at radius 1 is 1.12 bits per heavy atom. The molecular formula is C26H27N5O2. The number of nitrogens with zero attached hydrogens (tertiary/aromatic N) is 3. The van der Waals surface area contributed by atoms with Gasteiger partial charge in [-0.15, -0.1) is 0 Å². The van der Waals surface area contributed by atoms with Crippen molar-refractivity contribution in [3.05, 3.63) is 53.9 Å². The van der Waals surface area contributed by atoms with Gasteiger partial charge in [0.25, 0.3) is 0 Å². The van der Waals surface area contributed by atoms with Crippen molar-refractivity contribution < 1.29 is 9.53 Å². The second-order valence-corrected chi connectivity index (χ2v) is 8.57. The Labute approximate surface area is 193 Å². The molecule has 33 heavy (non-hydrogen) atoms. The first-order valence-electron chi connectivity index (χ1n) is 11.4. The molecule has 2 aromatic heterocycles. The first kappa shape index (κ1) is 21.2. The third-order valence-corrected chi connectivity index (χ3v) is 6.02. The molecule has 1 aromatic carbocycles. The van der Waals surface area contributed by atoms with Gasteiger partial charge in [0.15, 0.2) is 0 Å². The minimum atomic E-state index is 0.0344. The number of anilines is 3. The number of benzene rings is 1. The molecule has 168 valence electrons. The number of aromatic nitrogens is 2. The normalized spacial score (nSPS) is 17.9. The fraction of sp³-hybridized carbons (Fsp3) is 0.346. The van der Waals surface area contributed by atoms with Gasteiger partial charge in [-0.2, -0.15) is 0 Å². The van der Waals surface area contributed by atoms with Crippen LogP contribution in [0.1, 0.15) is 30.9 Å². The average molecular weight is 442 g/mol. The van der Waals surface area contributed by atoms with Gasteiger partial charge >= 0.3 is 0 Å². The third kappa shape index (κ3) is 4.76. The predicted octanol–water partition coefficient (Wildman–Crippen LogP) is 3.64. The number of nitrogens with one attached hydrogen (secondary N) is 2. The molecule has 1 saturated heterocycles. The topological polar surface area (TPSA) is 79.4 Å². The minimum Gasteiger partial charge on any atom is -0.375 e. The van der Waals surface area contributed by atoms with Crippen molar-refractivity contribution in [2.45, 2.75) is 25.9 Å². The lowest BCUT2D eigenvalue weighted by molar-refractivity contribution is -0.117. The summed E-state index contributed by atoms with van der Waals surface area (Å²) in [6.07, 6.45) is 5.64. The molecule has 7 nitrogen and oxygen atoms in total. The lowest BCUT2D eigenvalue weighted by atomic mass is 10.1. The summed E-state index contributed by atoms with van der Waals surface area (Å²) >= 11 is 0. The Kier molecular flexibility index (Phi) is 5.84. The summed E-state index contributed by atoms with van der Waals surface area (Å²) in [5.74, 6) is 7.94. The van der Waals surface area contributed by atoms with Gasteiger partial charge in [0.1, 0.15) is 11.6 Å². The maximum atomic E-state index is 12.2. The molecule has 1 aliphatic heterocycles. The molecule has 3 aromatic rings. The van der Waals surface area contributed by atoms with Gasteiger partial charge in [-0.05, 0) is 50.1 Å². The van der Waals surface area contributed by atoms with E-state index in [2.05, 4.69) is 56.4 Å². The van der Waals surface area contributed by atoms with Crippen molar-refractivity contribution in [3.8, 4) is 11.8 Å². The number of hydrogen-bond acceptors (Lipinski definition) is 6. The summed E-state index contributed by atoms with van der Waals surface area (Å²) in [6.45, 7) is 4.65. The monoisotopic (exact) mass is 441 g/mol. The van der Waals surface area contributed by atoms with E-state index in [-0.39, 0.29) is 17.9 Å². The van der Waals surface area contributed by atoms with Crippen LogP contribution in [-0.4, -0.2) is 48.7 Å². The molecule has 2 N–H and O–H groups in total. The van der Waals surface area contributed by atoms with Gasteiger partial charge in [0.2, 0.25) is 5.91 Å². The highest BCUT2D eigenvalue weighted by Gasteiger charge is 2.29. The molecule has 3 heterocycles. The summed E-state index contributed by atoms with van der Waals surface area (Å²) in [7, 11) is 1.83. The van der Waals surface area contributed by atoms with Crippen molar-refractivity contribution in [1.82, 2.24) is 9.97 Å². The zero-order chi connectivity index (χ0) is 22.8. The first-order chi connectivity index (χ1) is 16.1. The fourth-order valence-corrected chi connectivity index (χ4v) is 4.02. The Balaban J connectivity index is 1.42. The second kappa shape index (κ2) is 9.08. The lowest BCUT2D eigenvalue weighted by Crippen LogP contribution is -2.41. The highest BCUT2D eigenvalue weighted by molar-refractivity contribution is 5.99. The van der Waals surface area contributed by atoms with Crippen LogP contribution in [0.4, 0.5) is 17.3 Å². The number of amides is 1. The van der Waals surface area contributed by atoms with Crippen LogP contribution in [0.2, 0.25) is 0 Å². The number of carbonyl (C=O) groups is 1. The Morgan fingerprint density at radius 2 is 1.94 bits per heavy atom. The van der Waals surface area contributed by atoms with E-state index in [1.54, 1.807) is 12.4 Å². The SMILES string of the molecule is CNc1ncc(C#Cc2ccc(N3CCO[C@H](C)C3)cc2)c2cc(NC(=O)C3CC3)ncc12. The number of hydrogen-bond donors (Lipinski definition) is 2. The molecular weight excluding hydrogens is 414 g/mol. The lowest BCUT2D eigenvalue weighted by Gasteiger charge is -2.32. The van der Waals surface area contributed by atoms with E-state index in [4.69, 9.17) is 4.74 Å². The average Bonchev–Trinajstić information content (AvgIpc) is 3.68. The molecule has 1 amide bonds. The number of fused-ring (bicyclic) bond motifs is 1. The van der Waals surface area contributed by atoms with Crippen molar-refractivity contribution in [2.75, 3.05) is 42.3 Å². The van der Waals surface area contributed by atoms with Crippen LogP contribution in [0.5, 0.6) is 0 Å². The molecule has 2 fully saturated rings. The van der Waals surface area contributed by atoms with E-state index in [1.807, 2.05) is 25.2 Å². The van der Waals surface area contributed by atoms with Crippen LogP contribution in [0.25, 0.3) is 10.8 Å². The van der Waals surface area contributed by atoms with Gasteiger partial charge < -0.3 is 20.3 Å². The Bertz CT molecular complexity index is 1240. The van der Waals surface area contributed by atoms with E-state index in [0.717, 1.165) is 60.3 Å². The molecule has 1 aliphatic carbocycles. The Hall–Kier alpha value is -3.63. The third-order valence-electron chi connectivity index (χ3n) is 6.02. The van der Waals surface area contributed by atoms with Gasteiger partial charge in [-0.1, -0.05) is 11.8 Å². The van der Waals surface area contributed by atoms with Crippen molar-refractivity contribution in [2.24, 2.45) is 5.92 Å². The van der Waals surface area contributed by atoms with Crippen molar-refractivity contribution in [3.63, 3.8) is 0 Å². The van der Waals surface area contributed by atoms with Crippen LogP contribution in [0.15, 0.2) is 42.7 Å². The maximum absolute atomic E-state index is 12.2. The summed E-state index contributed by atoms with van der Waals surface area (Å²) in [4.78, 5) is 23.4. The molecule has 1 atom stereocenters. The quantitative estimate of drug-likeness (QED) is 0.602. The zero-order valence-electron chi connectivity index (χ0n) is 18.9. The van der Waals surface area contributed by atoms with Crippen molar-refractivity contribution in [1.29, 1.82) is 0 Å². The van der Waals surface area contributed by atoms with E-state index in [9.17, 15) is 4.79 Å². The molecule has 5 rings (SSSR count). The summed E-state index contributed by atoms with van der Waals surface area (Å²) < 4.78 is 5.63. The highest BCUT2D eigenvalue weighted by atomic mass is 16.5. The summed E-state index contributed by atoms with van der Waals surface area (Å²) in [6, 6.07) is 10.2. The Morgan fingerprint density at radius 3 is 2.67 bits per heavy atom. The smallest absolute Gasteiger partial charge is 0.228 e. The molecule has 2 aliphatic rings. The van der Waals surface area contributed by atoms with Crippen LogP contribution in [0, 0.1) is 17.8 Å². The van der Waals surface area contributed by atoms with Crippen molar-refractivity contribution >= 4 is 34.0 Å². The van der Waals surface area contributed by atoms with Gasteiger partial charge in [-0.25, -0.2) is 9.97 Å². The van der Waals surface area contributed by atoms with Crippen LogP contribution in [-0.2, 0) is 9.53 Å². The van der Waals surface area contributed by atoms with E-state index in [1.165, 1.54) is 5.69 Å². The first-order valence-corrected chi connectivity index (χ1v) is 11.4.